The van der Waals surface area contributed by atoms with E-state index in [1.807, 2.05) is 54.6 Å². The highest BCUT2D eigenvalue weighted by atomic mass is 32.2. The summed E-state index contributed by atoms with van der Waals surface area (Å²) in [4.78, 5) is 26.4. The Hall–Kier alpha value is -2.88. The average molecular weight is 499 g/mol. The van der Waals surface area contributed by atoms with E-state index in [1.54, 1.807) is 18.2 Å². The number of thiol groups is 1. The van der Waals surface area contributed by atoms with Gasteiger partial charge in [-0.1, -0.05) is 60.7 Å². The van der Waals surface area contributed by atoms with Gasteiger partial charge in [-0.15, -0.1) is 0 Å². The molecule has 1 aliphatic rings. The summed E-state index contributed by atoms with van der Waals surface area (Å²) in [5.41, 5.74) is 0.839. The summed E-state index contributed by atoms with van der Waals surface area (Å²) in [6, 6.07) is 20.7. The molecular weight excluding hydrogens is 472 g/mol. The number of benzene rings is 3. The molecule has 4 rings (SSSR count). The second-order valence-electron chi connectivity index (χ2n) is 8.38. The van der Waals surface area contributed by atoms with Crippen LogP contribution in [0.1, 0.15) is 18.4 Å². The Morgan fingerprint density at radius 2 is 1.68 bits per heavy atom. The Bertz CT molecular complexity index is 1300. The van der Waals surface area contributed by atoms with Crippen molar-refractivity contribution >= 4 is 45.3 Å². The fourth-order valence-electron chi connectivity index (χ4n) is 4.25. The number of sulfonamides is 1. The number of aliphatic carboxylic acids is 1. The van der Waals surface area contributed by atoms with Crippen LogP contribution in [0.15, 0.2) is 77.7 Å². The van der Waals surface area contributed by atoms with Gasteiger partial charge < -0.3 is 10.0 Å². The van der Waals surface area contributed by atoms with E-state index in [1.165, 1.54) is 9.21 Å². The third-order valence-corrected chi connectivity index (χ3v) is 8.21. The molecule has 0 bridgehead atoms. The van der Waals surface area contributed by atoms with E-state index in [0.717, 1.165) is 16.3 Å². The zero-order chi connectivity index (χ0) is 24.3. The van der Waals surface area contributed by atoms with E-state index < -0.39 is 27.9 Å². The Balaban J connectivity index is 1.64. The minimum Gasteiger partial charge on any atom is -0.481 e. The van der Waals surface area contributed by atoms with Crippen molar-refractivity contribution in [3.8, 4) is 0 Å². The highest BCUT2D eigenvalue weighted by Gasteiger charge is 2.44. The second-order valence-corrected chi connectivity index (χ2v) is 11.0. The van der Waals surface area contributed by atoms with Crippen LogP contribution in [0, 0.1) is 0 Å². The summed E-state index contributed by atoms with van der Waals surface area (Å²) in [7, 11) is -3.97. The topological polar surface area (TPSA) is 95.0 Å². The Kier molecular flexibility index (Phi) is 7.25. The molecule has 1 heterocycles. The van der Waals surface area contributed by atoms with Gasteiger partial charge in [0, 0.05) is 24.9 Å². The van der Waals surface area contributed by atoms with Crippen molar-refractivity contribution < 1.29 is 23.1 Å². The number of nitrogens with zero attached hydrogens (tertiary/aromatic N) is 2. The first-order chi connectivity index (χ1) is 16.3. The lowest BCUT2D eigenvalue weighted by molar-refractivity contribution is -0.139. The normalized spacial score (nSPS) is 18.7. The zero-order valence-electron chi connectivity index (χ0n) is 18.4. The van der Waals surface area contributed by atoms with Gasteiger partial charge in [-0.3, -0.25) is 9.59 Å². The lowest BCUT2D eigenvalue weighted by Crippen LogP contribution is -2.48. The molecule has 178 valence electrons. The molecule has 1 fully saturated rings. The van der Waals surface area contributed by atoms with Gasteiger partial charge in [-0.25, -0.2) is 8.42 Å². The summed E-state index contributed by atoms with van der Waals surface area (Å²) in [6.45, 7) is 0.290. The standard InChI is InChI=1S/C25H26N2O5S2/c28-24(29)12-13-26(16-18-6-2-1-3-7-18)25(30)23-15-21(33)17-27(23)34(31,32)22-11-10-19-8-4-5-9-20(19)14-22/h1-11,14,21,23,33H,12-13,15-17H2,(H,28,29)/t21-,23+/m1/s1. The van der Waals surface area contributed by atoms with Crippen molar-refractivity contribution in [3.05, 3.63) is 78.4 Å². The number of hydrogen-bond acceptors (Lipinski definition) is 5. The molecule has 0 unspecified atom stereocenters. The number of rotatable bonds is 8. The van der Waals surface area contributed by atoms with E-state index in [-0.39, 0.29) is 42.6 Å². The molecule has 1 amide bonds. The second kappa shape index (κ2) is 10.2. The molecule has 0 radical (unpaired) electrons. The lowest BCUT2D eigenvalue weighted by atomic mass is 10.1. The van der Waals surface area contributed by atoms with Crippen molar-refractivity contribution in [1.82, 2.24) is 9.21 Å². The molecule has 1 saturated heterocycles. The van der Waals surface area contributed by atoms with Crippen molar-refractivity contribution in [2.45, 2.75) is 35.6 Å². The maximum absolute atomic E-state index is 13.6. The van der Waals surface area contributed by atoms with Gasteiger partial charge in [0.1, 0.15) is 6.04 Å². The first-order valence-corrected chi connectivity index (χ1v) is 12.9. The van der Waals surface area contributed by atoms with Crippen molar-refractivity contribution in [2.24, 2.45) is 0 Å². The van der Waals surface area contributed by atoms with E-state index in [4.69, 9.17) is 0 Å². The zero-order valence-corrected chi connectivity index (χ0v) is 20.2. The third-order valence-electron chi connectivity index (χ3n) is 5.97. The first kappa shape index (κ1) is 24.3. The summed E-state index contributed by atoms with van der Waals surface area (Å²) in [5.74, 6) is -1.43. The third kappa shape index (κ3) is 5.27. The molecule has 3 aromatic rings. The van der Waals surface area contributed by atoms with E-state index in [2.05, 4.69) is 12.6 Å². The summed E-state index contributed by atoms with van der Waals surface area (Å²) in [5, 5.41) is 10.6. The number of carbonyl (C=O) groups is 2. The molecule has 9 heteroatoms. The van der Waals surface area contributed by atoms with E-state index in [9.17, 15) is 23.1 Å². The number of carbonyl (C=O) groups excluding carboxylic acids is 1. The molecule has 0 spiro atoms. The monoisotopic (exact) mass is 498 g/mol. The van der Waals surface area contributed by atoms with E-state index >= 15 is 0 Å². The molecule has 1 N–H and O–H groups in total. The van der Waals surface area contributed by atoms with Crippen LogP contribution in [0.2, 0.25) is 0 Å². The van der Waals surface area contributed by atoms with Gasteiger partial charge in [0.15, 0.2) is 0 Å². The van der Waals surface area contributed by atoms with Crippen LogP contribution >= 0.6 is 12.6 Å². The fraction of sp³-hybridized carbons (Fsp3) is 0.280. The van der Waals surface area contributed by atoms with E-state index in [0.29, 0.717) is 0 Å². The summed E-state index contributed by atoms with van der Waals surface area (Å²) >= 11 is 4.49. The van der Waals surface area contributed by atoms with Crippen molar-refractivity contribution in [2.75, 3.05) is 13.1 Å². The smallest absolute Gasteiger partial charge is 0.305 e. The minimum atomic E-state index is -3.97. The molecular formula is C25H26N2O5S2. The molecule has 0 saturated carbocycles. The van der Waals surface area contributed by atoms with Crippen LogP contribution in [0.5, 0.6) is 0 Å². The molecule has 34 heavy (non-hydrogen) atoms. The van der Waals surface area contributed by atoms with Crippen LogP contribution in [-0.4, -0.2) is 59.0 Å². The van der Waals surface area contributed by atoms with Crippen LogP contribution in [-0.2, 0) is 26.2 Å². The quantitative estimate of drug-likeness (QED) is 0.464. The maximum Gasteiger partial charge on any atom is 0.305 e. The highest BCUT2D eigenvalue weighted by molar-refractivity contribution is 7.89. The largest absolute Gasteiger partial charge is 0.481 e. The number of carboxylic acid groups (broad SMARTS) is 1. The van der Waals surface area contributed by atoms with Gasteiger partial charge in [-0.2, -0.15) is 16.9 Å². The average Bonchev–Trinajstić information content (AvgIpc) is 3.24. The Labute approximate surface area is 204 Å². The van der Waals surface area contributed by atoms with Crippen LogP contribution in [0.4, 0.5) is 0 Å². The predicted molar refractivity (Wildman–Crippen MR) is 133 cm³/mol. The van der Waals surface area contributed by atoms with Gasteiger partial charge in [0.25, 0.3) is 0 Å². The van der Waals surface area contributed by atoms with Crippen molar-refractivity contribution in [1.29, 1.82) is 0 Å². The SMILES string of the molecule is O=C(O)CCN(Cc1ccccc1)C(=O)[C@@H]1C[C@@H](S)CN1S(=O)(=O)c1ccc2ccccc2c1. The first-order valence-electron chi connectivity index (χ1n) is 11.0. The fourth-order valence-corrected chi connectivity index (χ4v) is 6.41. The molecule has 2 atom stereocenters. The summed E-state index contributed by atoms with van der Waals surface area (Å²) in [6.07, 6.45) is 0.0279. The van der Waals surface area contributed by atoms with Crippen LogP contribution in [0.25, 0.3) is 10.8 Å². The van der Waals surface area contributed by atoms with Gasteiger partial charge >= 0.3 is 5.97 Å². The van der Waals surface area contributed by atoms with Crippen LogP contribution < -0.4 is 0 Å². The molecule has 0 aromatic heterocycles. The Morgan fingerprint density at radius 1 is 1.00 bits per heavy atom. The predicted octanol–water partition coefficient (Wildman–Crippen LogP) is 3.40. The molecule has 7 nitrogen and oxygen atoms in total. The number of fused-ring (bicyclic) bond motifs is 1. The number of carboxylic acids is 1. The van der Waals surface area contributed by atoms with Gasteiger partial charge in [-0.05, 0) is 34.9 Å². The van der Waals surface area contributed by atoms with Crippen molar-refractivity contribution in [3.63, 3.8) is 0 Å². The van der Waals surface area contributed by atoms with Gasteiger partial charge in [0.2, 0.25) is 15.9 Å². The van der Waals surface area contributed by atoms with Gasteiger partial charge in [0.05, 0.1) is 11.3 Å². The lowest BCUT2D eigenvalue weighted by Gasteiger charge is -2.30. The summed E-state index contributed by atoms with van der Waals surface area (Å²) < 4.78 is 28.4. The molecule has 1 aliphatic heterocycles. The number of hydrogen-bond donors (Lipinski definition) is 2. The Morgan fingerprint density at radius 3 is 2.38 bits per heavy atom. The number of amides is 1. The maximum atomic E-state index is 13.6. The highest BCUT2D eigenvalue weighted by Crippen LogP contribution is 2.31. The molecule has 0 aliphatic carbocycles. The van der Waals surface area contributed by atoms with Crippen LogP contribution in [0.3, 0.4) is 0 Å². The minimum absolute atomic E-state index is 0.0132. The molecule has 3 aromatic carbocycles.